The molecule has 0 bridgehead atoms. The van der Waals surface area contributed by atoms with E-state index in [9.17, 15) is 4.39 Å². The standard InChI is InChI=1S/C18H19FN4/c19-14-6-3-7-15(11-14)21-18-22-17(13-5-4-9-20-12-13)16-8-1-2-10-23(16)18/h1-3,6-8,10-11,13,20H,4-5,9,12H2,(H,21,22). The smallest absolute Gasteiger partial charge is 0.212 e. The Morgan fingerprint density at radius 2 is 2.17 bits per heavy atom. The normalized spacial score (nSPS) is 18.2. The number of rotatable bonds is 3. The number of halogens is 1. The first-order chi connectivity index (χ1) is 11.3. The number of nitrogens with one attached hydrogen (secondary N) is 2. The topological polar surface area (TPSA) is 41.4 Å². The molecular weight excluding hydrogens is 291 g/mol. The second kappa shape index (κ2) is 6.01. The Kier molecular flexibility index (Phi) is 3.71. The van der Waals surface area contributed by atoms with Gasteiger partial charge in [0.05, 0.1) is 11.2 Å². The molecule has 1 atom stereocenters. The van der Waals surface area contributed by atoms with Gasteiger partial charge in [-0.1, -0.05) is 12.1 Å². The SMILES string of the molecule is Fc1cccc(Nc2nc(C3CCCNC3)c3ccccn23)c1. The summed E-state index contributed by atoms with van der Waals surface area (Å²) in [5.41, 5.74) is 2.92. The molecule has 2 N–H and O–H groups in total. The van der Waals surface area contributed by atoms with Crippen molar-refractivity contribution >= 4 is 17.2 Å². The minimum absolute atomic E-state index is 0.257. The number of benzene rings is 1. The molecule has 1 unspecified atom stereocenters. The van der Waals surface area contributed by atoms with Gasteiger partial charge in [-0.25, -0.2) is 9.37 Å². The number of aromatic nitrogens is 2. The van der Waals surface area contributed by atoms with Crippen molar-refractivity contribution in [3.05, 3.63) is 60.2 Å². The van der Waals surface area contributed by atoms with Crippen LogP contribution in [0.4, 0.5) is 16.0 Å². The third-order valence-electron chi connectivity index (χ3n) is 4.34. The van der Waals surface area contributed by atoms with Crippen molar-refractivity contribution < 1.29 is 4.39 Å². The largest absolute Gasteiger partial charge is 0.325 e. The minimum atomic E-state index is -0.257. The third kappa shape index (κ3) is 2.80. The molecule has 4 nitrogen and oxygen atoms in total. The number of hydrogen-bond donors (Lipinski definition) is 2. The number of nitrogens with zero attached hydrogens (tertiary/aromatic N) is 2. The molecule has 3 heterocycles. The summed E-state index contributed by atoms with van der Waals surface area (Å²) in [6.45, 7) is 2.04. The van der Waals surface area contributed by atoms with E-state index in [-0.39, 0.29) is 5.82 Å². The van der Waals surface area contributed by atoms with Gasteiger partial charge in [0.2, 0.25) is 5.95 Å². The summed E-state index contributed by atoms with van der Waals surface area (Å²) in [5.74, 6) is 0.892. The number of anilines is 2. The summed E-state index contributed by atoms with van der Waals surface area (Å²) in [7, 11) is 0. The average Bonchev–Trinajstić information content (AvgIpc) is 2.95. The Balaban J connectivity index is 1.74. The van der Waals surface area contributed by atoms with Crippen LogP contribution in [-0.2, 0) is 0 Å². The maximum absolute atomic E-state index is 13.4. The van der Waals surface area contributed by atoms with E-state index in [0.29, 0.717) is 11.6 Å². The predicted molar refractivity (Wildman–Crippen MR) is 89.7 cm³/mol. The van der Waals surface area contributed by atoms with Gasteiger partial charge in [0.15, 0.2) is 0 Å². The van der Waals surface area contributed by atoms with Crippen molar-refractivity contribution in [2.24, 2.45) is 0 Å². The average molecular weight is 310 g/mol. The van der Waals surface area contributed by atoms with Gasteiger partial charge in [-0.3, -0.25) is 4.40 Å². The first-order valence-corrected chi connectivity index (χ1v) is 8.01. The fourth-order valence-corrected chi connectivity index (χ4v) is 3.23. The summed E-state index contributed by atoms with van der Waals surface area (Å²) in [5, 5.41) is 6.68. The zero-order chi connectivity index (χ0) is 15.6. The van der Waals surface area contributed by atoms with Crippen LogP contribution in [-0.4, -0.2) is 22.5 Å². The van der Waals surface area contributed by atoms with Crippen LogP contribution in [0.15, 0.2) is 48.7 Å². The maximum atomic E-state index is 13.4. The lowest BCUT2D eigenvalue weighted by Gasteiger charge is -2.21. The van der Waals surface area contributed by atoms with Crippen molar-refractivity contribution in [2.75, 3.05) is 18.4 Å². The van der Waals surface area contributed by atoms with Gasteiger partial charge in [0.1, 0.15) is 5.82 Å². The fraction of sp³-hybridized carbons (Fsp3) is 0.278. The number of fused-ring (bicyclic) bond motifs is 1. The zero-order valence-corrected chi connectivity index (χ0v) is 12.8. The van der Waals surface area contributed by atoms with Crippen molar-refractivity contribution in [1.29, 1.82) is 0 Å². The van der Waals surface area contributed by atoms with Crippen LogP contribution < -0.4 is 10.6 Å². The predicted octanol–water partition coefficient (Wildman–Crippen LogP) is 3.68. The van der Waals surface area contributed by atoms with Gasteiger partial charge < -0.3 is 10.6 Å². The molecule has 0 radical (unpaired) electrons. The molecular formula is C18H19FN4. The summed E-state index contributed by atoms with van der Waals surface area (Å²) in [6, 6.07) is 12.6. The Morgan fingerprint density at radius 3 is 3.00 bits per heavy atom. The maximum Gasteiger partial charge on any atom is 0.212 e. The first kappa shape index (κ1) is 14.2. The Bertz CT molecular complexity index is 821. The highest BCUT2D eigenvalue weighted by Gasteiger charge is 2.21. The highest BCUT2D eigenvalue weighted by molar-refractivity contribution is 5.64. The first-order valence-electron chi connectivity index (χ1n) is 8.01. The van der Waals surface area contributed by atoms with E-state index in [2.05, 4.69) is 16.7 Å². The lowest BCUT2D eigenvalue weighted by Crippen LogP contribution is -2.28. The van der Waals surface area contributed by atoms with Crippen molar-refractivity contribution in [2.45, 2.75) is 18.8 Å². The van der Waals surface area contributed by atoms with Crippen LogP contribution in [0.25, 0.3) is 5.52 Å². The molecule has 4 rings (SSSR count). The van der Waals surface area contributed by atoms with Gasteiger partial charge in [0, 0.05) is 24.3 Å². The summed E-state index contributed by atoms with van der Waals surface area (Å²) < 4.78 is 15.4. The van der Waals surface area contributed by atoms with E-state index in [1.165, 1.54) is 18.6 Å². The van der Waals surface area contributed by atoms with E-state index < -0.39 is 0 Å². The molecule has 0 spiro atoms. The van der Waals surface area contributed by atoms with Gasteiger partial charge >= 0.3 is 0 Å². The number of pyridine rings is 1. The number of piperidine rings is 1. The number of imidazole rings is 1. The van der Waals surface area contributed by atoms with Gasteiger partial charge in [-0.05, 0) is 49.7 Å². The molecule has 118 valence electrons. The molecule has 5 heteroatoms. The summed E-state index contributed by atoms with van der Waals surface area (Å²) >= 11 is 0. The molecule has 0 amide bonds. The van der Waals surface area contributed by atoms with E-state index in [1.807, 2.05) is 28.8 Å². The molecule has 0 aliphatic carbocycles. The van der Waals surface area contributed by atoms with Crippen LogP contribution in [0.2, 0.25) is 0 Å². The van der Waals surface area contributed by atoms with Crippen LogP contribution >= 0.6 is 0 Å². The van der Waals surface area contributed by atoms with E-state index in [0.717, 1.165) is 36.7 Å². The highest BCUT2D eigenvalue weighted by Crippen LogP contribution is 2.29. The Hall–Kier alpha value is -2.40. The van der Waals surface area contributed by atoms with Gasteiger partial charge in [-0.2, -0.15) is 0 Å². The molecule has 23 heavy (non-hydrogen) atoms. The number of hydrogen-bond acceptors (Lipinski definition) is 3. The molecule has 1 aliphatic rings. The molecule has 1 aromatic carbocycles. The van der Waals surface area contributed by atoms with Crippen LogP contribution in [0, 0.1) is 5.82 Å². The molecule has 1 aliphatic heterocycles. The Labute approximate surface area is 134 Å². The molecule has 2 aromatic heterocycles. The van der Waals surface area contributed by atoms with Crippen molar-refractivity contribution in [3.8, 4) is 0 Å². The van der Waals surface area contributed by atoms with Crippen molar-refractivity contribution in [3.63, 3.8) is 0 Å². The fourth-order valence-electron chi connectivity index (χ4n) is 3.23. The molecule has 1 fully saturated rings. The lowest BCUT2D eigenvalue weighted by atomic mass is 9.95. The van der Waals surface area contributed by atoms with E-state index in [4.69, 9.17) is 4.98 Å². The molecule has 0 saturated carbocycles. The Morgan fingerprint density at radius 1 is 1.22 bits per heavy atom. The highest BCUT2D eigenvalue weighted by atomic mass is 19.1. The van der Waals surface area contributed by atoms with Crippen LogP contribution in [0.5, 0.6) is 0 Å². The van der Waals surface area contributed by atoms with E-state index in [1.54, 1.807) is 6.07 Å². The summed E-state index contributed by atoms with van der Waals surface area (Å²) in [6.07, 6.45) is 4.31. The zero-order valence-electron chi connectivity index (χ0n) is 12.8. The van der Waals surface area contributed by atoms with Gasteiger partial charge in [-0.15, -0.1) is 0 Å². The molecule has 3 aromatic rings. The monoisotopic (exact) mass is 310 g/mol. The minimum Gasteiger partial charge on any atom is -0.325 e. The summed E-state index contributed by atoms with van der Waals surface area (Å²) in [4.78, 5) is 4.83. The molecule has 1 saturated heterocycles. The quantitative estimate of drug-likeness (QED) is 0.775. The second-order valence-corrected chi connectivity index (χ2v) is 5.96. The lowest BCUT2D eigenvalue weighted by molar-refractivity contribution is 0.458. The van der Waals surface area contributed by atoms with E-state index >= 15 is 0 Å². The van der Waals surface area contributed by atoms with Crippen molar-refractivity contribution in [1.82, 2.24) is 14.7 Å². The second-order valence-electron chi connectivity index (χ2n) is 5.96. The van der Waals surface area contributed by atoms with Crippen LogP contribution in [0.1, 0.15) is 24.5 Å². The van der Waals surface area contributed by atoms with Crippen LogP contribution in [0.3, 0.4) is 0 Å². The third-order valence-corrected chi connectivity index (χ3v) is 4.34. The van der Waals surface area contributed by atoms with Gasteiger partial charge in [0.25, 0.3) is 0 Å².